The summed E-state index contributed by atoms with van der Waals surface area (Å²) >= 11 is 6.10. The van der Waals surface area contributed by atoms with Crippen LogP contribution in [0.15, 0.2) is 42.1 Å². The SMILES string of the molecule is C/C=C(\C=C/CC)NCc1c(N)cccc1Cl. The molecule has 0 unspecified atom stereocenters. The number of rotatable bonds is 5. The van der Waals surface area contributed by atoms with Crippen molar-refractivity contribution in [2.75, 3.05) is 5.73 Å². The fraction of sp³-hybridized carbons (Fsp3) is 0.286. The molecule has 2 nitrogen and oxygen atoms in total. The molecule has 0 saturated carbocycles. The Labute approximate surface area is 108 Å². The molecule has 3 heteroatoms. The predicted molar refractivity (Wildman–Crippen MR) is 75.9 cm³/mol. The Bertz CT molecular complexity index is 402. The van der Waals surface area contributed by atoms with Gasteiger partial charge in [0.15, 0.2) is 0 Å². The van der Waals surface area contributed by atoms with Crippen LogP contribution in [0.25, 0.3) is 0 Å². The van der Waals surface area contributed by atoms with Crippen LogP contribution in [0.4, 0.5) is 5.69 Å². The molecule has 92 valence electrons. The van der Waals surface area contributed by atoms with Crippen molar-refractivity contribution in [1.29, 1.82) is 0 Å². The van der Waals surface area contributed by atoms with Gasteiger partial charge in [-0.1, -0.05) is 36.7 Å². The maximum absolute atomic E-state index is 6.10. The largest absolute Gasteiger partial charge is 0.398 e. The minimum absolute atomic E-state index is 0.638. The molecule has 0 spiro atoms. The van der Waals surface area contributed by atoms with Gasteiger partial charge in [0, 0.05) is 28.5 Å². The standard InChI is InChI=1S/C14H19ClN2/c1-3-5-7-11(4-2)17-10-12-13(15)8-6-9-14(12)16/h4-9,17H,3,10,16H2,1-2H3/b7-5-,11-4+. The van der Waals surface area contributed by atoms with Crippen molar-refractivity contribution >= 4 is 17.3 Å². The van der Waals surface area contributed by atoms with E-state index in [9.17, 15) is 0 Å². The molecule has 1 aromatic carbocycles. The van der Waals surface area contributed by atoms with Crippen LogP contribution in [0, 0.1) is 0 Å². The van der Waals surface area contributed by atoms with E-state index in [2.05, 4.69) is 24.4 Å². The molecule has 0 aromatic heterocycles. The van der Waals surface area contributed by atoms with E-state index in [1.165, 1.54) is 0 Å². The van der Waals surface area contributed by atoms with Gasteiger partial charge in [0.2, 0.25) is 0 Å². The monoisotopic (exact) mass is 250 g/mol. The van der Waals surface area contributed by atoms with Crippen LogP contribution in [-0.4, -0.2) is 0 Å². The van der Waals surface area contributed by atoms with Gasteiger partial charge >= 0.3 is 0 Å². The quantitative estimate of drug-likeness (QED) is 0.615. The number of nitrogen functional groups attached to an aromatic ring is 1. The highest BCUT2D eigenvalue weighted by molar-refractivity contribution is 6.31. The normalized spacial score (nSPS) is 12.1. The van der Waals surface area contributed by atoms with Crippen molar-refractivity contribution in [3.63, 3.8) is 0 Å². The molecule has 0 radical (unpaired) electrons. The zero-order chi connectivity index (χ0) is 12.7. The summed E-state index contributed by atoms with van der Waals surface area (Å²) in [5.74, 6) is 0. The Morgan fingerprint density at radius 3 is 2.82 bits per heavy atom. The number of nitrogens with two attached hydrogens (primary N) is 1. The molecule has 0 heterocycles. The van der Waals surface area contributed by atoms with Gasteiger partial charge in [0.25, 0.3) is 0 Å². The topological polar surface area (TPSA) is 38.0 Å². The van der Waals surface area contributed by atoms with E-state index in [1.807, 2.05) is 31.2 Å². The molecule has 0 aliphatic carbocycles. The maximum Gasteiger partial charge on any atom is 0.0476 e. The lowest BCUT2D eigenvalue weighted by Gasteiger charge is -2.11. The van der Waals surface area contributed by atoms with Crippen LogP contribution in [0.2, 0.25) is 5.02 Å². The highest BCUT2D eigenvalue weighted by Gasteiger charge is 2.03. The van der Waals surface area contributed by atoms with E-state index in [0.29, 0.717) is 11.6 Å². The average Bonchev–Trinajstić information content (AvgIpc) is 2.32. The predicted octanol–water partition coefficient (Wildman–Crippen LogP) is 3.88. The van der Waals surface area contributed by atoms with Gasteiger partial charge in [-0.2, -0.15) is 0 Å². The number of allylic oxidation sites excluding steroid dienone is 3. The average molecular weight is 251 g/mol. The van der Waals surface area contributed by atoms with Crippen LogP contribution in [0.1, 0.15) is 25.8 Å². The van der Waals surface area contributed by atoms with E-state index in [4.69, 9.17) is 17.3 Å². The van der Waals surface area contributed by atoms with E-state index in [0.717, 1.165) is 23.4 Å². The summed E-state index contributed by atoms with van der Waals surface area (Å²) in [5.41, 5.74) is 8.63. The van der Waals surface area contributed by atoms with Gasteiger partial charge < -0.3 is 11.1 Å². The lowest BCUT2D eigenvalue weighted by atomic mass is 10.1. The summed E-state index contributed by atoms with van der Waals surface area (Å²) < 4.78 is 0. The summed E-state index contributed by atoms with van der Waals surface area (Å²) in [6.45, 7) is 4.74. The summed E-state index contributed by atoms with van der Waals surface area (Å²) in [5, 5.41) is 4.01. The molecule has 0 aliphatic heterocycles. The Balaban J connectivity index is 2.70. The van der Waals surface area contributed by atoms with Crippen LogP contribution in [0.5, 0.6) is 0 Å². The number of hydrogen-bond acceptors (Lipinski definition) is 2. The summed E-state index contributed by atoms with van der Waals surface area (Å²) in [6, 6.07) is 5.57. The highest BCUT2D eigenvalue weighted by Crippen LogP contribution is 2.21. The number of benzene rings is 1. The van der Waals surface area contributed by atoms with Crippen molar-refractivity contribution in [1.82, 2.24) is 5.32 Å². The number of nitrogens with one attached hydrogen (secondary N) is 1. The summed E-state index contributed by atoms with van der Waals surface area (Å²) in [6.07, 6.45) is 7.22. The molecular formula is C14H19ClN2. The number of hydrogen-bond donors (Lipinski definition) is 2. The van der Waals surface area contributed by atoms with Gasteiger partial charge in [0.1, 0.15) is 0 Å². The Morgan fingerprint density at radius 2 is 2.24 bits per heavy atom. The lowest BCUT2D eigenvalue weighted by molar-refractivity contribution is 0.832. The van der Waals surface area contributed by atoms with Gasteiger partial charge in [-0.15, -0.1) is 0 Å². The first-order valence-electron chi connectivity index (χ1n) is 5.78. The molecule has 0 atom stereocenters. The van der Waals surface area contributed by atoms with Crippen LogP contribution < -0.4 is 11.1 Å². The Hall–Kier alpha value is -1.41. The molecule has 3 N–H and O–H groups in total. The van der Waals surface area contributed by atoms with Gasteiger partial charge in [-0.05, 0) is 31.6 Å². The molecule has 1 rings (SSSR count). The maximum atomic E-state index is 6.10. The lowest BCUT2D eigenvalue weighted by Crippen LogP contribution is -2.13. The smallest absolute Gasteiger partial charge is 0.0476 e. The van der Waals surface area contributed by atoms with E-state index in [-0.39, 0.29) is 0 Å². The Kier molecular flexibility index (Phi) is 5.64. The van der Waals surface area contributed by atoms with Gasteiger partial charge in [-0.3, -0.25) is 0 Å². The third kappa shape index (κ3) is 4.16. The highest BCUT2D eigenvalue weighted by atomic mass is 35.5. The van der Waals surface area contributed by atoms with Crippen LogP contribution >= 0.6 is 11.6 Å². The van der Waals surface area contributed by atoms with Crippen molar-refractivity contribution in [2.24, 2.45) is 0 Å². The summed E-state index contributed by atoms with van der Waals surface area (Å²) in [4.78, 5) is 0. The van der Waals surface area contributed by atoms with Crippen molar-refractivity contribution in [2.45, 2.75) is 26.8 Å². The van der Waals surface area contributed by atoms with Gasteiger partial charge in [-0.25, -0.2) is 0 Å². The molecule has 0 bridgehead atoms. The van der Waals surface area contributed by atoms with Crippen molar-refractivity contribution < 1.29 is 0 Å². The molecule has 0 amide bonds. The zero-order valence-electron chi connectivity index (χ0n) is 10.3. The van der Waals surface area contributed by atoms with Crippen LogP contribution in [-0.2, 0) is 6.54 Å². The minimum atomic E-state index is 0.638. The van der Waals surface area contributed by atoms with E-state index >= 15 is 0 Å². The second-order valence-corrected chi connectivity index (χ2v) is 4.12. The molecule has 17 heavy (non-hydrogen) atoms. The molecule has 0 aliphatic rings. The second kappa shape index (κ2) is 7.02. The fourth-order valence-corrected chi connectivity index (χ4v) is 1.70. The third-order valence-electron chi connectivity index (χ3n) is 2.47. The van der Waals surface area contributed by atoms with E-state index < -0.39 is 0 Å². The van der Waals surface area contributed by atoms with Crippen molar-refractivity contribution in [3.05, 3.63) is 52.7 Å². The second-order valence-electron chi connectivity index (χ2n) is 3.72. The molecule has 0 saturated heterocycles. The first kappa shape index (κ1) is 13.7. The third-order valence-corrected chi connectivity index (χ3v) is 2.82. The van der Waals surface area contributed by atoms with Crippen LogP contribution in [0.3, 0.4) is 0 Å². The first-order chi connectivity index (χ1) is 8.19. The van der Waals surface area contributed by atoms with Crippen molar-refractivity contribution in [3.8, 4) is 0 Å². The Morgan fingerprint density at radius 1 is 1.47 bits per heavy atom. The number of halogens is 1. The first-order valence-corrected chi connectivity index (χ1v) is 6.16. The minimum Gasteiger partial charge on any atom is -0.398 e. The van der Waals surface area contributed by atoms with E-state index in [1.54, 1.807) is 0 Å². The van der Waals surface area contributed by atoms with Gasteiger partial charge in [0.05, 0.1) is 0 Å². The number of anilines is 1. The molecular weight excluding hydrogens is 232 g/mol. The molecule has 1 aromatic rings. The summed E-state index contributed by atoms with van der Waals surface area (Å²) in [7, 11) is 0. The molecule has 0 fully saturated rings. The fourth-order valence-electron chi connectivity index (χ4n) is 1.45. The zero-order valence-corrected chi connectivity index (χ0v) is 11.1.